The van der Waals surface area contributed by atoms with Crippen LogP contribution in [0.4, 0.5) is 11.4 Å². The number of rotatable bonds is 3. The highest BCUT2D eigenvalue weighted by atomic mass is 16.1. The molecule has 24 heavy (non-hydrogen) atoms. The van der Waals surface area contributed by atoms with Gasteiger partial charge >= 0.3 is 0 Å². The third kappa shape index (κ3) is 2.62. The maximum Gasteiger partial charge on any atom is 0.276 e. The summed E-state index contributed by atoms with van der Waals surface area (Å²) in [7, 11) is 0. The van der Waals surface area contributed by atoms with Gasteiger partial charge in [0.1, 0.15) is 0 Å². The van der Waals surface area contributed by atoms with Crippen molar-refractivity contribution in [1.29, 1.82) is 0 Å². The highest BCUT2D eigenvalue weighted by Crippen LogP contribution is 2.26. The van der Waals surface area contributed by atoms with E-state index in [1.54, 1.807) is 0 Å². The molecule has 3 aromatic rings. The van der Waals surface area contributed by atoms with E-state index in [1.807, 2.05) is 37.3 Å². The lowest BCUT2D eigenvalue weighted by Gasteiger charge is -2.19. The largest absolute Gasteiger partial charge is 0.372 e. The molecule has 1 aromatic heterocycles. The van der Waals surface area contributed by atoms with Gasteiger partial charge in [-0.1, -0.05) is 18.2 Å². The number of aromatic nitrogens is 2. The van der Waals surface area contributed by atoms with E-state index in [9.17, 15) is 4.79 Å². The summed E-state index contributed by atoms with van der Waals surface area (Å²) in [4.78, 5) is 15.0. The third-order valence-corrected chi connectivity index (χ3v) is 4.61. The van der Waals surface area contributed by atoms with Crippen molar-refractivity contribution in [3.8, 4) is 0 Å². The van der Waals surface area contributed by atoms with Gasteiger partial charge in [0.25, 0.3) is 5.91 Å². The topological polar surface area (TPSA) is 61.0 Å². The number of aromatic amines is 1. The van der Waals surface area contributed by atoms with Gasteiger partial charge in [0.15, 0.2) is 5.69 Å². The van der Waals surface area contributed by atoms with Crippen LogP contribution in [0.25, 0.3) is 10.9 Å². The lowest BCUT2D eigenvalue weighted by atomic mass is 10.1. The van der Waals surface area contributed by atoms with Gasteiger partial charge in [-0.05, 0) is 49.6 Å². The molecule has 5 nitrogen and oxygen atoms in total. The average Bonchev–Trinajstić information content (AvgIpc) is 3.26. The fourth-order valence-electron chi connectivity index (χ4n) is 3.28. The number of carbonyl (C=O) groups excluding carboxylic acids is 1. The first-order valence-corrected chi connectivity index (χ1v) is 8.32. The summed E-state index contributed by atoms with van der Waals surface area (Å²) in [5.74, 6) is -0.190. The molecule has 0 atom stereocenters. The second-order valence-electron chi connectivity index (χ2n) is 6.27. The van der Waals surface area contributed by atoms with Crippen LogP contribution in [-0.2, 0) is 0 Å². The molecule has 2 N–H and O–H groups in total. The zero-order chi connectivity index (χ0) is 16.5. The molecule has 2 aromatic carbocycles. The second-order valence-corrected chi connectivity index (χ2v) is 6.27. The Morgan fingerprint density at radius 2 is 1.96 bits per heavy atom. The van der Waals surface area contributed by atoms with Crippen LogP contribution >= 0.6 is 0 Å². The minimum atomic E-state index is -0.190. The zero-order valence-electron chi connectivity index (χ0n) is 13.7. The quantitative estimate of drug-likeness (QED) is 0.773. The van der Waals surface area contributed by atoms with Gasteiger partial charge in [-0.25, -0.2) is 0 Å². The Bertz CT molecular complexity index is 893. The standard InChI is InChI=1S/C19H20N4O/c1-13-12-14(23-10-4-5-11-23)8-9-16(13)20-19(24)18-15-6-2-3-7-17(15)21-22-18/h2-3,6-9,12H,4-5,10-11H2,1H3,(H,20,24)(H,21,22). The Balaban J connectivity index is 1.57. The molecular weight excluding hydrogens is 300 g/mol. The van der Waals surface area contributed by atoms with Crippen LogP contribution in [0.5, 0.6) is 0 Å². The number of aryl methyl sites for hydroxylation is 1. The number of hydrogen-bond acceptors (Lipinski definition) is 3. The van der Waals surface area contributed by atoms with Crippen LogP contribution in [0.2, 0.25) is 0 Å². The number of nitrogens with one attached hydrogen (secondary N) is 2. The molecule has 1 aliphatic heterocycles. The molecule has 5 heteroatoms. The normalized spacial score (nSPS) is 14.3. The summed E-state index contributed by atoms with van der Waals surface area (Å²) in [6, 6.07) is 13.8. The molecule has 0 saturated carbocycles. The van der Waals surface area contributed by atoms with Crippen molar-refractivity contribution in [2.75, 3.05) is 23.3 Å². The summed E-state index contributed by atoms with van der Waals surface area (Å²) in [6.07, 6.45) is 2.51. The summed E-state index contributed by atoms with van der Waals surface area (Å²) in [6.45, 7) is 4.26. The molecule has 0 spiro atoms. The average molecular weight is 320 g/mol. The monoisotopic (exact) mass is 320 g/mol. The van der Waals surface area contributed by atoms with Gasteiger partial charge in [0, 0.05) is 29.9 Å². The van der Waals surface area contributed by atoms with Crippen LogP contribution in [-0.4, -0.2) is 29.2 Å². The maximum atomic E-state index is 12.6. The van der Waals surface area contributed by atoms with Crippen LogP contribution in [0.3, 0.4) is 0 Å². The van der Waals surface area contributed by atoms with E-state index in [4.69, 9.17) is 0 Å². The predicted molar refractivity (Wildman–Crippen MR) is 96.7 cm³/mol. The van der Waals surface area contributed by atoms with Gasteiger partial charge in [-0.15, -0.1) is 0 Å². The van der Waals surface area contributed by atoms with Crippen LogP contribution < -0.4 is 10.2 Å². The van der Waals surface area contributed by atoms with Crippen molar-refractivity contribution >= 4 is 28.2 Å². The molecule has 0 bridgehead atoms. The first-order valence-electron chi connectivity index (χ1n) is 8.32. The molecule has 2 heterocycles. The van der Waals surface area contributed by atoms with Gasteiger partial charge in [-0.3, -0.25) is 9.89 Å². The van der Waals surface area contributed by atoms with Crippen LogP contribution in [0.15, 0.2) is 42.5 Å². The maximum absolute atomic E-state index is 12.6. The summed E-state index contributed by atoms with van der Waals surface area (Å²) < 4.78 is 0. The minimum Gasteiger partial charge on any atom is -0.372 e. The minimum absolute atomic E-state index is 0.190. The molecule has 1 amide bonds. The lowest BCUT2D eigenvalue weighted by molar-refractivity contribution is 0.102. The first kappa shape index (κ1) is 14.8. The van der Waals surface area contributed by atoms with Crippen molar-refractivity contribution in [3.05, 3.63) is 53.7 Å². The second kappa shape index (κ2) is 6.00. The molecule has 1 fully saturated rings. The van der Waals surface area contributed by atoms with E-state index in [0.29, 0.717) is 5.69 Å². The molecular formula is C19H20N4O. The van der Waals surface area contributed by atoms with Gasteiger partial charge in [0.05, 0.1) is 5.52 Å². The number of amides is 1. The number of nitrogens with zero attached hydrogens (tertiary/aromatic N) is 2. The molecule has 1 saturated heterocycles. The smallest absolute Gasteiger partial charge is 0.276 e. The van der Waals surface area contributed by atoms with Crippen LogP contribution in [0.1, 0.15) is 28.9 Å². The zero-order valence-corrected chi connectivity index (χ0v) is 13.7. The predicted octanol–water partition coefficient (Wildman–Crippen LogP) is 3.72. The van der Waals surface area contributed by atoms with E-state index >= 15 is 0 Å². The first-order chi connectivity index (χ1) is 11.7. The van der Waals surface area contributed by atoms with Crippen molar-refractivity contribution in [2.45, 2.75) is 19.8 Å². The molecule has 1 aliphatic rings. The van der Waals surface area contributed by atoms with E-state index in [-0.39, 0.29) is 5.91 Å². The van der Waals surface area contributed by atoms with E-state index in [1.165, 1.54) is 18.5 Å². The molecule has 4 rings (SSSR count). The van der Waals surface area contributed by atoms with Crippen LogP contribution in [0, 0.1) is 6.92 Å². The summed E-state index contributed by atoms with van der Waals surface area (Å²) >= 11 is 0. The lowest BCUT2D eigenvalue weighted by Crippen LogP contribution is -2.18. The fraction of sp³-hybridized carbons (Fsp3) is 0.263. The highest BCUT2D eigenvalue weighted by molar-refractivity contribution is 6.11. The highest BCUT2D eigenvalue weighted by Gasteiger charge is 2.16. The number of para-hydroxylation sites is 1. The third-order valence-electron chi connectivity index (χ3n) is 4.61. The van der Waals surface area contributed by atoms with Gasteiger partial charge in [-0.2, -0.15) is 5.10 Å². The van der Waals surface area contributed by atoms with Crippen molar-refractivity contribution < 1.29 is 4.79 Å². The molecule has 0 aliphatic carbocycles. The fourth-order valence-corrected chi connectivity index (χ4v) is 3.28. The van der Waals surface area contributed by atoms with Gasteiger partial charge in [0.2, 0.25) is 0 Å². The Morgan fingerprint density at radius 3 is 2.75 bits per heavy atom. The summed E-state index contributed by atoms with van der Waals surface area (Å²) in [5.41, 5.74) is 4.41. The summed E-state index contributed by atoms with van der Waals surface area (Å²) in [5, 5.41) is 10.9. The Morgan fingerprint density at radius 1 is 1.17 bits per heavy atom. The number of carbonyl (C=O) groups is 1. The number of benzene rings is 2. The number of anilines is 2. The van der Waals surface area contributed by atoms with Crippen molar-refractivity contribution in [2.24, 2.45) is 0 Å². The van der Waals surface area contributed by atoms with E-state index < -0.39 is 0 Å². The Kier molecular flexibility index (Phi) is 3.69. The number of fused-ring (bicyclic) bond motifs is 1. The Labute approximate surface area is 140 Å². The van der Waals surface area contributed by atoms with Crippen molar-refractivity contribution in [3.63, 3.8) is 0 Å². The SMILES string of the molecule is Cc1cc(N2CCCC2)ccc1NC(=O)c1n[nH]c2ccccc12. The van der Waals surface area contributed by atoms with E-state index in [2.05, 4.69) is 32.5 Å². The van der Waals surface area contributed by atoms with E-state index in [0.717, 1.165) is 35.2 Å². The molecule has 0 radical (unpaired) electrons. The van der Waals surface area contributed by atoms with Crippen molar-refractivity contribution in [1.82, 2.24) is 10.2 Å². The molecule has 122 valence electrons. The number of H-pyrrole nitrogens is 1. The molecule has 0 unspecified atom stereocenters. The number of hydrogen-bond donors (Lipinski definition) is 2. The Hall–Kier alpha value is -2.82. The van der Waals surface area contributed by atoms with Gasteiger partial charge < -0.3 is 10.2 Å².